The quantitative estimate of drug-likeness (QED) is 0.477. The van der Waals surface area contributed by atoms with Crippen LogP contribution in [0.1, 0.15) is 43.9 Å². The maximum Gasteiger partial charge on any atom is 0.263 e. The van der Waals surface area contributed by atoms with Crippen LogP contribution >= 0.6 is 0 Å². The van der Waals surface area contributed by atoms with E-state index in [1.807, 2.05) is 42.5 Å². The van der Waals surface area contributed by atoms with Crippen molar-refractivity contribution < 1.29 is 4.52 Å². The molecule has 8 heteroatoms. The molecule has 0 bridgehead atoms. The average molecular weight is 428 g/mol. The Morgan fingerprint density at radius 3 is 2.62 bits per heavy atom. The van der Waals surface area contributed by atoms with Gasteiger partial charge in [0, 0.05) is 29.6 Å². The minimum absolute atomic E-state index is 0.0402. The minimum Gasteiger partial charge on any atom is -0.367 e. The molecule has 32 heavy (non-hydrogen) atoms. The van der Waals surface area contributed by atoms with E-state index in [2.05, 4.69) is 25.8 Å². The Hall–Kier alpha value is -3.68. The standard InChI is InChI=1S/C24H24N6O2/c31-23-20-4-2-1-3-15(20)11-12-30(23)19-9-10-21(25-14-19)26-17-7-8-18(13-17)27-24-28-22(32-29-24)16-5-6-16/h1-4,9-12,14,16-18H,5-8,13H2,(H,25,26)(H,27,29)/t17-,18-/m0/s1. The second-order valence-electron chi connectivity index (χ2n) is 8.71. The van der Waals surface area contributed by atoms with E-state index in [9.17, 15) is 4.79 Å². The zero-order chi connectivity index (χ0) is 21.5. The molecule has 2 N–H and O–H groups in total. The van der Waals surface area contributed by atoms with Crippen molar-refractivity contribution in [2.75, 3.05) is 10.6 Å². The molecule has 2 aliphatic carbocycles. The van der Waals surface area contributed by atoms with Gasteiger partial charge in [0.1, 0.15) is 5.82 Å². The van der Waals surface area contributed by atoms with Gasteiger partial charge in [0.2, 0.25) is 5.89 Å². The van der Waals surface area contributed by atoms with Crippen molar-refractivity contribution in [3.63, 3.8) is 0 Å². The highest BCUT2D eigenvalue weighted by Crippen LogP contribution is 2.39. The van der Waals surface area contributed by atoms with Crippen LogP contribution in [0.3, 0.4) is 0 Å². The lowest BCUT2D eigenvalue weighted by Gasteiger charge is -2.15. The zero-order valence-corrected chi connectivity index (χ0v) is 17.6. The van der Waals surface area contributed by atoms with E-state index in [0.29, 0.717) is 29.3 Å². The van der Waals surface area contributed by atoms with E-state index in [0.717, 1.165) is 54.9 Å². The number of benzene rings is 1. The third kappa shape index (κ3) is 3.72. The van der Waals surface area contributed by atoms with Crippen LogP contribution in [0.5, 0.6) is 0 Å². The van der Waals surface area contributed by atoms with Gasteiger partial charge in [-0.1, -0.05) is 18.2 Å². The summed E-state index contributed by atoms with van der Waals surface area (Å²) in [4.78, 5) is 21.8. The molecule has 1 aromatic carbocycles. The van der Waals surface area contributed by atoms with Crippen LogP contribution < -0.4 is 16.2 Å². The monoisotopic (exact) mass is 428 g/mol. The summed E-state index contributed by atoms with van der Waals surface area (Å²) in [5, 5.41) is 12.6. The van der Waals surface area contributed by atoms with Crippen molar-refractivity contribution in [3.8, 4) is 5.69 Å². The first-order chi connectivity index (χ1) is 15.7. The van der Waals surface area contributed by atoms with Gasteiger partial charge in [-0.05, 0) is 66.9 Å². The number of nitrogens with zero attached hydrogens (tertiary/aromatic N) is 4. The summed E-state index contributed by atoms with van der Waals surface area (Å²) in [6, 6.07) is 14.1. The van der Waals surface area contributed by atoms with Crippen LogP contribution in [0.15, 0.2) is 64.2 Å². The molecule has 2 atom stereocenters. The number of anilines is 2. The summed E-state index contributed by atoms with van der Waals surface area (Å²) in [6.45, 7) is 0. The highest BCUT2D eigenvalue weighted by atomic mass is 16.5. The number of hydrogen-bond acceptors (Lipinski definition) is 7. The number of fused-ring (bicyclic) bond motifs is 1. The number of nitrogens with one attached hydrogen (secondary N) is 2. The van der Waals surface area contributed by atoms with Crippen molar-refractivity contribution in [2.45, 2.75) is 50.1 Å². The van der Waals surface area contributed by atoms with E-state index in [1.165, 1.54) is 0 Å². The fourth-order valence-electron chi connectivity index (χ4n) is 4.43. The first-order valence-electron chi connectivity index (χ1n) is 11.2. The van der Waals surface area contributed by atoms with Crippen molar-refractivity contribution in [1.82, 2.24) is 19.7 Å². The Morgan fingerprint density at radius 2 is 1.81 bits per heavy atom. The number of rotatable bonds is 6. The van der Waals surface area contributed by atoms with Gasteiger partial charge in [-0.3, -0.25) is 9.36 Å². The number of aromatic nitrogens is 4. The lowest BCUT2D eigenvalue weighted by Crippen LogP contribution is -2.22. The molecule has 162 valence electrons. The minimum atomic E-state index is -0.0402. The first-order valence-corrected chi connectivity index (χ1v) is 11.2. The molecule has 0 unspecified atom stereocenters. The third-order valence-corrected chi connectivity index (χ3v) is 6.33. The van der Waals surface area contributed by atoms with E-state index < -0.39 is 0 Å². The fourth-order valence-corrected chi connectivity index (χ4v) is 4.43. The summed E-state index contributed by atoms with van der Waals surface area (Å²) in [5.41, 5.74) is 0.711. The molecular weight excluding hydrogens is 404 g/mol. The first kappa shape index (κ1) is 19.0. The second-order valence-corrected chi connectivity index (χ2v) is 8.71. The van der Waals surface area contributed by atoms with Gasteiger partial charge in [0.25, 0.3) is 11.5 Å². The molecule has 6 rings (SSSR count). The molecule has 0 amide bonds. The predicted molar refractivity (Wildman–Crippen MR) is 122 cm³/mol. The van der Waals surface area contributed by atoms with Crippen LogP contribution in [-0.2, 0) is 0 Å². The predicted octanol–water partition coefficient (Wildman–Crippen LogP) is 4.09. The fraction of sp³-hybridized carbons (Fsp3) is 0.333. The average Bonchev–Trinajstić information content (AvgIpc) is 3.42. The summed E-state index contributed by atoms with van der Waals surface area (Å²) in [5.74, 6) is 2.63. The largest absolute Gasteiger partial charge is 0.367 e. The Labute approximate surface area is 184 Å². The summed E-state index contributed by atoms with van der Waals surface area (Å²) >= 11 is 0. The van der Waals surface area contributed by atoms with Crippen LogP contribution in [0.25, 0.3) is 16.5 Å². The van der Waals surface area contributed by atoms with Crippen molar-refractivity contribution in [2.24, 2.45) is 0 Å². The van der Waals surface area contributed by atoms with Gasteiger partial charge in [-0.15, -0.1) is 0 Å². The van der Waals surface area contributed by atoms with Gasteiger partial charge in [-0.25, -0.2) is 4.98 Å². The van der Waals surface area contributed by atoms with Crippen molar-refractivity contribution >= 4 is 22.5 Å². The molecule has 0 radical (unpaired) electrons. The zero-order valence-electron chi connectivity index (χ0n) is 17.6. The van der Waals surface area contributed by atoms with Gasteiger partial charge in [0.15, 0.2) is 0 Å². The Balaban J connectivity index is 1.10. The van der Waals surface area contributed by atoms with Gasteiger partial charge in [0.05, 0.1) is 11.9 Å². The topological polar surface area (TPSA) is 97.9 Å². The molecule has 2 saturated carbocycles. The summed E-state index contributed by atoms with van der Waals surface area (Å²) in [6.07, 6.45) is 8.88. The SMILES string of the molecule is O=c1c2ccccc2ccn1-c1ccc(N[C@H]2CC[C@H](Nc3noc(C4CC4)n3)C2)nc1. The third-order valence-electron chi connectivity index (χ3n) is 6.33. The maximum absolute atomic E-state index is 12.8. The van der Waals surface area contributed by atoms with E-state index in [-0.39, 0.29) is 5.56 Å². The number of pyridine rings is 2. The molecular formula is C24H24N6O2. The molecule has 0 saturated heterocycles. The lowest BCUT2D eigenvalue weighted by molar-refractivity contribution is 0.379. The van der Waals surface area contributed by atoms with Crippen LogP contribution in [0, 0.1) is 0 Å². The summed E-state index contributed by atoms with van der Waals surface area (Å²) in [7, 11) is 0. The van der Waals surface area contributed by atoms with Gasteiger partial charge >= 0.3 is 0 Å². The molecule has 0 aliphatic heterocycles. The molecule has 2 fully saturated rings. The Morgan fingerprint density at radius 1 is 0.969 bits per heavy atom. The molecule has 2 aliphatic rings. The van der Waals surface area contributed by atoms with Crippen LogP contribution in [0.2, 0.25) is 0 Å². The van der Waals surface area contributed by atoms with Gasteiger partial charge in [-0.2, -0.15) is 4.98 Å². The second kappa shape index (κ2) is 7.78. The van der Waals surface area contributed by atoms with E-state index >= 15 is 0 Å². The molecule has 4 aromatic rings. The van der Waals surface area contributed by atoms with Crippen molar-refractivity contribution in [1.29, 1.82) is 0 Å². The van der Waals surface area contributed by atoms with E-state index in [1.54, 1.807) is 17.0 Å². The van der Waals surface area contributed by atoms with Crippen LogP contribution in [0.4, 0.5) is 11.8 Å². The molecule has 3 heterocycles. The maximum atomic E-state index is 12.8. The smallest absolute Gasteiger partial charge is 0.263 e. The van der Waals surface area contributed by atoms with Crippen molar-refractivity contribution in [3.05, 3.63) is 71.1 Å². The molecule has 0 spiro atoms. The highest BCUT2D eigenvalue weighted by molar-refractivity contribution is 5.81. The highest BCUT2D eigenvalue weighted by Gasteiger charge is 2.31. The molecule has 3 aromatic heterocycles. The van der Waals surface area contributed by atoms with Gasteiger partial charge < -0.3 is 15.2 Å². The number of hydrogen-bond donors (Lipinski definition) is 2. The molecule has 8 nitrogen and oxygen atoms in total. The normalized spacial score (nSPS) is 20.5. The Bertz CT molecular complexity index is 1310. The van der Waals surface area contributed by atoms with E-state index in [4.69, 9.17) is 4.52 Å². The Kier molecular flexibility index (Phi) is 4.63. The lowest BCUT2D eigenvalue weighted by atomic mass is 10.2. The summed E-state index contributed by atoms with van der Waals surface area (Å²) < 4.78 is 6.96. The van der Waals surface area contributed by atoms with Crippen LogP contribution in [-0.4, -0.2) is 31.8 Å².